The van der Waals surface area contributed by atoms with Crippen molar-refractivity contribution in [3.05, 3.63) is 70.3 Å². The Kier molecular flexibility index (Phi) is 10.6. The largest absolute Gasteiger partial charge is 0.344 e. The Labute approximate surface area is 260 Å². The van der Waals surface area contributed by atoms with Crippen molar-refractivity contribution in [1.82, 2.24) is 15.1 Å². The van der Waals surface area contributed by atoms with Crippen LogP contribution in [0.4, 0.5) is 0 Å². The Morgan fingerprint density at radius 1 is 1.05 bits per heavy atom. The number of fused-ring (bicyclic) bond motifs is 1. The van der Waals surface area contributed by atoms with Gasteiger partial charge in [-0.25, -0.2) is 4.99 Å². The van der Waals surface area contributed by atoms with Gasteiger partial charge in [0.1, 0.15) is 6.04 Å². The van der Waals surface area contributed by atoms with Crippen LogP contribution in [-0.4, -0.2) is 65.3 Å². The number of likely N-dealkylation sites (tertiary alicyclic amines) is 1. The van der Waals surface area contributed by atoms with E-state index in [0.717, 1.165) is 32.1 Å². The molecule has 2 aromatic carbocycles. The van der Waals surface area contributed by atoms with E-state index in [9.17, 15) is 19.2 Å². The van der Waals surface area contributed by atoms with Crippen molar-refractivity contribution >= 4 is 29.8 Å². The van der Waals surface area contributed by atoms with Crippen LogP contribution in [0.3, 0.4) is 0 Å². The van der Waals surface area contributed by atoms with E-state index in [1.165, 1.54) is 27.8 Å². The number of piperidine rings is 1. The third kappa shape index (κ3) is 8.00. The van der Waals surface area contributed by atoms with Crippen LogP contribution < -0.4 is 11.1 Å². The van der Waals surface area contributed by atoms with E-state index in [2.05, 4.69) is 59.7 Å². The first-order chi connectivity index (χ1) is 21.3. The zero-order chi connectivity index (χ0) is 31.1. The maximum Gasteiger partial charge on any atom is 0.249 e. The molecule has 0 radical (unpaired) electrons. The molecule has 0 aliphatic carbocycles. The first-order valence-electron chi connectivity index (χ1n) is 16.1. The summed E-state index contributed by atoms with van der Waals surface area (Å²) in [7, 11) is 0. The summed E-state index contributed by atoms with van der Waals surface area (Å²) < 4.78 is 0. The zero-order valence-electron chi connectivity index (χ0n) is 25.8. The van der Waals surface area contributed by atoms with Crippen molar-refractivity contribution in [2.24, 2.45) is 22.6 Å². The summed E-state index contributed by atoms with van der Waals surface area (Å²) in [6, 6.07) is 14.1. The van der Waals surface area contributed by atoms with Gasteiger partial charge in [-0.3, -0.25) is 19.2 Å². The number of rotatable bonds is 12. The third-order valence-corrected chi connectivity index (χ3v) is 9.32. The topological polar surface area (TPSA) is 125 Å². The fraction of sp³-hybridized carbons (Fsp3) is 0.514. The molecule has 0 spiro atoms. The molecule has 2 aromatic rings. The molecule has 0 saturated carbocycles. The van der Waals surface area contributed by atoms with Gasteiger partial charge in [-0.1, -0.05) is 48.0 Å². The lowest BCUT2D eigenvalue weighted by molar-refractivity contribution is -0.137. The highest BCUT2D eigenvalue weighted by Crippen LogP contribution is 2.31. The monoisotopic (exact) mass is 599 g/mol. The lowest BCUT2D eigenvalue weighted by Gasteiger charge is -2.34. The summed E-state index contributed by atoms with van der Waals surface area (Å²) >= 11 is 0. The highest BCUT2D eigenvalue weighted by Gasteiger charge is 2.32. The number of hydrogen-bond acceptors (Lipinski definition) is 5. The molecule has 234 valence electrons. The minimum atomic E-state index is -0.588. The summed E-state index contributed by atoms with van der Waals surface area (Å²) in [4.78, 5) is 58.5. The van der Waals surface area contributed by atoms with E-state index in [1.54, 1.807) is 6.21 Å². The van der Waals surface area contributed by atoms with Crippen LogP contribution in [0.1, 0.15) is 72.8 Å². The predicted octanol–water partition coefficient (Wildman–Crippen LogP) is 3.48. The first-order valence-corrected chi connectivity index (χ1v) is 16.1. The molecule has 9 nitrogen and oxygen atoms in total. The summed E-state index contributed by atoms with van der Waals surface area (Å²) in [6.45, 7) is 4.86. The molecule has 5 rings (SSSR count). The molecule has 3 aliphatic heterocycles. The second-order valence-electron chi connectivity index (χ2n) is 12.6. The van der Waals surface area contributed by atoms with Gasteiger partial charge in [0.05, 0.1) is 5.92 Å². The van der Waals surface area contributed by atoms with E-state index in [4.69, 9.17) is 5.73 Å². The van der Waals surface area contributed by atoms with E-state index >= 15 is 0 Å². The van der Waals surface area contributed by atoms with E-state index in [1.807, 2.05) is 9.80 Å². The molecule has 3 N–H and O–H groups in total. The van der Waals surface area contributed by atoms with Crippen molar-refractivity contribution in [3.8, 4) is 0 Å². The Hall–Kier alpha value is -3.85. The van der Waals surface area contributed by atoms with Crippen LogP contribution in [0.5, 0.6) is 0 Å². The first kappa shape index (κ1) is 31.6. The van der Waals surface area contributed by atoms with Crippen molar-refractivity contribution in [1.29, 1.82) is 0 Å². The van der Waals surface area contributed by atoms with Gasteiger partial charge in [-0.05, 0) is 86.6 Å². The fourth-order valence-electron chi connectivity index (χ4n) is 6.63. The average Bonchev–Trinajstić information content (AvgIpc) is 3.64. The molecule has 3 heterocycles. The van der Waals surface area contributed by atoms with Crippen molar-refractivity contribution in [2.45, 2.75) is 83.8 Å². The van der Waals surface area contributed by atoms with Crippen LogP contribution in [0.15, 0.2) is 47.5 Å². The van der Waals surface area contributed by atoms with Gasteiger partial charge in [0.25, 0.3) is 0 Å². The molecular formula is C35H45N5O4. The predicted molar refractivity (Wildman–Crippen MR) is 170 cm³/mol. The maximum atomic E-state index is 13.4. The summed E-state index contributed by atoms with van der Waals surface area (Å²) in [6.07, 6.45) is 7.42. The number of nitrogens with zero attached hydrogens (tertiary/aromatic N) is 3. The number of nitrogens with one attached hydrogen (secondary N) is 1. The Morgan fingerprint density at radius 2 is 1.82 bits per heavy atom. The molecule has 1 saturated heterocycles. The normalized spacial score (nSPS) is 18.9. The second-order valence-corrected chi connectivity index (χ2v) is 12.6. The Bertz CT molecular complexity index is 1380. The van der Waals surface area contributed by atoms with Crippen LogP contribution >= 0.6 is 0 Å². The Balaban J connectivity index is 1.08. The Morgan fingerprint density at radius 3 is 2.52 bits per heavy atom. The number of amides is 4. The summed E-state index contributed by atoms with van der Waals surface area (Å²) in [5.74, 6) is -0.207. The molecule has 0 bridgehead atoms. The van der Waals surface area contributed by atoms with Gasteiger partial charge in [0.15, 0.2) is 0 Å². The number of benzene rings is 2. The molecule has 0 aromatic heterocycles. The minimum Gasteiger partial charge on any atom is -0.344 e. The maximum absolute atomic E-state index is 13.4. The molecule has 3 aliphatic rings. The molecule has 9 heteroatoms. The molecule has 4 amide bonds. The van der Waals surface area contributed by atoms with Crippen LogP contribution in [0.25, 0.3) is 0 Å². The number of nitrogens with two attached hydrogens (primary N) is 1. The standard InChI is InChI=1S/C35H45N5O4/c1-24-8-10-25(11-9-24)4-2-7-32(41)38-31(12-16-36)35(44)39-18-14-26(15-19-39)20-27-5-3-6-29-22-40(23-30(27)29)33(42)21-28-13-17-37-34(28)43/h3,5-6,8-11,17,26,28,31H,2,4,7,12-16,18-23,36H2,1H3,(H,38,41)/t28-,31-/m0/s1. The van der Waals surface area contributed by atoms with Gasteiger partial charge in [-0.2, -0.15) is 0 Å². The number of aliphatic imine (C=N–C) groups is 1. The summed E-state index contributed by atoms with van der Waals surface area (Å²) in [5.41, 5.74) is 11.9. The zero-order valence-corrected chi connectivity index (χ0v) is 25.8. The van der Waals surface area contributed by atoms with Gasteiger partial charge >= 0.3 is 0 Å². The number of carbonyl (C=O) groups is 4. The van der Waals surface area contributed by atoms with Crippen LogP contribution in [0, 0.1) is 18.8 Å². The average molecular weight is 600 g/mol. The minimum absolute atomic E-state index is 0.00760. The van der Waals surface area contributed by atoms with E-state index in [0.29, 0.717) is 57.9 Å². The van der Waals surface area contributed by atoms with Crippen molar-refractivity contribution in [2.75, 3.05) is 19.6 Å². The quantitative estimate of drug-likeness (QED) is 0.387. The lowest BCUT2D eigenvalue weighted by atomic mass is 9.87. The van der Waals surface area contributed by atoms with Crippen LogP contribution in [-0.2, 0) is 45.1 Å². The third-order valence-electron chi connectivity index (χ3n) is 9.32. The fourth-order valence-corrected chi connectivity index (χ4v) is 6.63. The number of carbonyl (C=O) groups excluding carboxylic acids is 4. The molecular weight excluding hydrogens is 554 g/mol. The second kappa shape index (κ2) is 14.8. The molecule has 1 fully saturated rings. The van der Waals surface area contributed by atoms with Gasteiger partial charge in [0, 0.05) is 45.2 Å². The highest BCUT2D eigenvalue weighted by molar-refractivity contribution is 5.96. The van der Waals surface area contributed by atoms with Gasteiger partial charge in [-0.15, -0.1) is 0 Å². The molecule has 0 unspecified atom stereocenters. The molecule has 2 atom stereocenters. The van der Waals surface area contributed by atoms with Gasteiger partial charge < -0.3 is 20.9 Å². The van der Waals surface area contributed by atoms with Gasteiger partial charge in [0.2, 0.25) is 23.6 Å². The number of aryl methyl sites for hydroxylation is 2. The summed E-state index contributed by atoms with van der Waals surface area (Å²) in [5, 5.41) is 2.96. The highest BCUT2D eigenvalue weighted by atomic mass is 16.2. The number of hydrogen-bond donors (Lipinski definition) is 2. The SMILES string of the molecule is Cc1ccc(CCCC(=O)N[C@@H](CCN)C(=O)N2CCC(Cc3cccc4c3CN(C(=O)C[C@@H]3CC=NC3=O)C4)CC2)cc1. The van der Waals surface area contributed by atoms with Crippen molar-refractivity contribution in [3.63, 3.8) is 0 Å². The van der Waals surface area contributed by atoms with E-state index < -0.39 is 6.04 Å². The van der Waals surface area contributed by atoms with E-state index in [-0.39, 0.29) is 36.0 Å². The van der Waals surface area contributed by atoms with Crippen molar-refractivity contribution < 1.29 is 19.2 Å². The smallest absolute Gasteiger partial charge is 0.249 e. The van der Waals surface area contributed by atoms with Crippen LogP contribution in [0.2, 0.25) is 0 Å². The molecule has 44 heavy (non-hydrogen) atoms. The lowest BCUT2D eigenvalue weighted by Crippen LogP contribution is -2.51.